The van der Waals surface area contributed by atoms with Crippen LogP contribution in [0.4, 0.5) is 5.69 Å². The molecule has 18 heavy (non-hydrogen) atoms. The van der Waals surface area contributed by atoms with Crippen molar-refractivity contribution < 1.29 is 0 Å². The first-order valence-corrected chi connectivity index (χ1v) is 6.66. The summed E-state index contributed by atoms with van der Waals surface area (Å²) in [7, 11) is 4.28. The summed E-state index contributed by atoms with van der Waals surface area (Å²) in [6.07, 6.45) is 4.26. The molecule has 0 aromatic carbocycles. The number of piperidine rings is 1. The van der Waals surface area contributed by atoms with Gasteiger partial charge in [0, 0.05) is 31.0 Å². The van der Waals surface area contributed by atoms with E-state index in [0.29, 0.717) is 16.7 Å². The average molecular weight is 264 g/mol. The van der Waals surface area contributed by atoms with Gasteiger partial charge in [-0.05, 0) is 39.1 Å². The molecule has 0 spiro atoms. The predicted octanol–water partition coefficient (Wildman–Crippen LogP) is 1.25. The fraction of sp³-hybridized carbons (Fsp3) is 0.538. The number of nitrogens with zero attached hydrogens (tertiary/aromatic N) is 3. The zero-order valence-corrected chi connectivity index (χ0v) is 11.8. The van der Waals surface area contributed by atoms with E-state index in [0.717, 1.165) is 13.1 Å². The topological polar surface area (TPSA) is 45.4 Å². The second-order valence-corrected chi connectivity index (χ2v) is 5.41. The van der Waals surface area contributed by atoms with Crippen LogP contribution in [0.5, 0.6) is 0 Å². The van der Waals surface area contributed by atoms with Gasteiger partial charge in [-0.3, -0.25) is 4.98 Å². The summed E-state index contributed by atoms with van der Waals surface area (Å²) >= 11 is 4.98. The summed E-state index contributed by atoms with van der Waals surface area (Å²) in [6, 6.07) is 4.63. The van der Waals surface area contributed by atoms with Gasteiger partial charge in [-0.2, -0.15) is 0 Å². The van der Waals surface area contributed by atoms with Gasteiger partial charge in [0.1, 0.15) is 4.99 Å². The number of aromatic nitrogens is 1. The summed E-state index contributed by atoms with van der Waals surface area (Å²) in [5, 5.41) is 0. The van der Waals surface area contributed by atoms with Crippen LogP contribution in [0, 0.1) is 0 Å². The molecule has 2 heterocycles. The lowest BCUT2D eigenvalue weighted by Gasteiger charge is -2.37. The van der Waals surface area contributed by atoms with Crippen molar-refractivity contribution >= 4 is 22.9 Å². The molecule has 5 heteroatoms. The Kier molecular flexibility index (Phi) is 4.14. The van der Waals surface area contributed by atoms with Crippen LogP contribution >= 0.6 is 12.2 Å². The fourth-order valence-electron chi connectivity index (χ4n) is 2.36. The molecule has 1 aromatic heterocycles. The zero-order valence-electron chi connectivity index (χ0n) is 11.0. The van der Waals surface area contributed by atoms with Gasteiger partial charge in [-0.15, -0.1) is 0 Å². The van der Waals surface area contributed by atoms with E-state index in [9.17, 15) is 0 Å². The summed E-state index contributed by atoms with van der Waals surface area (Å²) in [5.74, 6) is 0. The van der Waals surface area contributed by atoms with Crippen LogP contribution in [0.2, 0.25) is 0 Å². The van der Waals surface area contributed by atoms with Crippen LogP contribution < -0.4 is 10.6 Å². The number of thiocarbonyl (C=S) groups is 1. The summed E-state index contributed by atoms with van der Waals surface area (Å²) in [4.78, 5) is 9.22. The number of likely N-dealkylation sites (N-methyl/N-ethyl adjacent to an activating group) is 1. The van der Waals surface area contributed by atoms with Crippen molar-refractivity contribution in [1.29, 1.82) is 0 Å². The van der Waals surface area contributed by atoms with Crippen molar-refractivity contribution in [3.63, 3.8) is 0 Å². The van der Waals surface area contributed by atoms with Crippen molar-refractivity contribution in [2.45, 2.75) is 18.9 Å². The highest BCUT2D eigenvalue weighted by Crippen LogP contribution is 2.21. The first-order chi connectivity index (χ1) is 8.58. The van der Waals surface area contributed by atoms with E-state index in [1.54, 1.807) is 6.20 Å². The third-order valence-electron chi connectivity index (χ3n) is 3.49. The Morgan fingerprint density at radius 2 is 2.33 bits per heavy atom. The van der Waals surface area contributed by atoms with Gasteiger partial charge in [-0.1, -0.05) is 12.2 Å². The van der Waals surface area contributed by atoms with Crippen molar-refractivity contribution in [3.05, 3.63) is 24.0 Å². The van der Waals surface area contributed by atoms with E-state index in [4.69, 9.17) is 18.0 Å². The lowest BCUT2D eigenvalue weighted by Crippen LogP contribution is -2.45. The van der Waals surface area contributed by atoms with Gasteiger partial charge in [-0.25, -0.2) is 0 Å². The van der Waals surface area contributed by atoms with E-state index >= 15 is 0 Å². The van der Waals surface area contributed by atoms with E-state index in [2.05, 4.69) is 28.9 Å². The normalized spacial score (nSPS) is 20.2. The molecule has 0 bridgehead atoms. The number of rotatable bonds is 3. The predicted molar refractivity (Wildman–Crippen MR) is 79.0 cm³/mol. The van der Waals surface area contributed by atoms with Gasteiger partial charge in [0.15, 0.2) is 0 Å². The number of nitrogens with two attached hydrogens (primary N) is 1. The molecule has 0 amide bonds. The molecule has 1 atom stereocenters. The fourth-order valence-corrected chi connectivity index (χ4v) is 2.47. The molecule has 1 aliphatic rings. The number of pyridine rings is 1. The van der Waals surface area contributed by atoms with Crippen LogP contribution in [0.25, 0.3) is 0 Å². The molecule has 0 aliphatic carbocycles. The first kappa shape index (κ1) is 13.2. The number of anilines is 1. The van der Waals surface area contributed by atoms with Gasteiger partial charge in [0.2, 0.25) is 0 Å². The zero-order chi connectivity index (χ0) is 13.1. The summed E-state index contributed by atoms with van der Waals surface area (Å²) in [6.45, 7) is 2.14. The number of hydrogen-bond acceptors (Lipinski definition) is 4. The summed E-state index contributed by atoms with van der Waals surface area (Å²) < 4.78 is 0. The maximum Gasteiger partial charge on any atom is 0.122 e. The van der Waals surface area contributed by atoms with Gasteiger partial charge < -0.3 is 15.5 Å². The summed E-state index contributed by atoms with van der Waals surface area (Å²) in [5.41, 5.74) is 7.50. The molecule has 2 N–H and O–H groups in total. The van der Waals surface area contributed by atoms with Crippen LogP contribution in [0.1, 0.15) is 18.5 Å². The molecule has 1 saturated heterocycles. The quantitative estimate of drug-likeness (QED) is 0.832. The van der Waals surface area contributed by atoms with E-state index in [-0.39, 0.29) is 0 Å². The molecule has 1 aromatic rings. The Labute approximate surface area is 114 Å². The molecule has 4 nitrogen and oxygen atoms in total. The lowest BCUT2D eigenvalue weighted by molar-refractivity contribution is 0.258. The monoisotopic (exact) mass is 264 g/mol. The highest BCUT2D eigenvalue weighted by Gasteiger charge is 2.21. The van der Waals surface area contributed by atoms with E-state index in [1.807, 2.05) is 12.1 Å². The van der Waals surface area contributed by atoms with Crippen LogP contribution in [0.3, 0.4) is 0 Å². The molecular formula is C13H20N4S. The lowest BCUT2D eigenvalue weighted by atomic mass is 10.0. The Balaban J connectivity index is 2.15. The first-order valence-electron chi connectivity index (χ1n) is 6.25. The Morgan fingerprint density at radius 3 is 3.00 bits per heavy atom. The van der Waals surface area contributed by atoms with Crippen molar-refractivity contribution in [2.24, 2.45) is 5.73 Å². The number of hydrogen-bond donors (Lipinski definition) is 1. The van der Waals surface area contributed by atoms with Crippen LogP contribution in [-0.4, -0.2) is 48.1 Å². The standard InChI is InChI=1S/C13H20N4S/c1-16(2)11-4-3-7-17(9-11)10-5-6-15-12(8-10)13(14)18/h5-6,8,11H,3-4,7,9H2,1-2H3,(H2,14,18). The van der Waals surface area contributed by atoms with E-state index < -0.39 is 0 Å². The molecule has 1 unspecified atom stereocenters. The van der Waals surface area contributed by atoms with Gasteiger partial charge >= 0.3 is 0 Å². The third kappa shape index (κ3) is 2.97. The minimum Gasteiger partial charge on any atom is -0.388 e. The second-order valence-electron chi connectivity index (χ2n) is 4.97. The highest BCUT2D eigenvalue weighted by molar-refractivity contribution is 7.80. The van der Waals surface area contributed by atoms with Crippen molar-refractivity contribution in [1.82, 2.24) is 9.88 Å². The van der Waals surface area contributed by atoms with Crippen LogP contribution in [0.15, 0.2) is 18.3 Å². The Bertz CT molecular complexity index is 433. The van der Waals surface area contributed by atoms with Crippen LogP contribution in [-0.2, 0) is 0 Å². The van der Waals surface area contributed by atoms with Gasteiger partial charge in [0.05, 0.1) is 5.69 Å². The minimum atomic E-state index is 0.359. The Morgan fingerprint density at radius 1 is 1.56 bits per heavy atom. The maximum atomic E-state index is 5.63. The molecular weight excluding hydrogens is 244 g/mol. The molecule has 98 valence electrons. The van der Waals surface area contributed by atoms with E-state index in [1.165, 1.54) is 18.5 Å². The average Bonchev–Trinajstić information content (AvgIpc) is 2.39. The van der Waals surface area contributed by atoms with Crippen molar-refractivity contribution in [2.75, 3.05) is 32.1 Å². The second kappa shape index (κ2) is 5.63. The van der Waals surface area contributed by atoms with Crippen molar-refractivity contribution in [3.8, 4) is 0 Å². The molecule has 1 aliphatic heterocycles. The smallest absolute Gasteiger partial charge is 0.122 e. The molecule has 1 fully saturated rings. The third-order valence-corrected chi connectivity index (χ3v) is 3.70. The highest BCUT2D eigenvalue weighted by atomic mass is 32.1. The largest absolute Gasteiger partial charge is 0.388 e. The molecule has 2 rings (SSSR count). The SMILES string of the molecule is CN(C)C1CCCN(c2ccnc(C(N)=S)c2)C1. The molecule has 0 saturated carbocycles. The maximum absolute atomic E-state index is 5.63. The van der Waals surface area contributed by atoms with Gasteiger partial charge in [0.25, 0.3) is 0 Å². The molecule has 0 radical (unpaired) electrons. The minimum absolute atomic E-state index is 0.359. The Hall–Kier alpha value is -1.20.